The number of carbonyl (C=O) groups excluding carboxylic acids is 1. The maximum Gasteiger partial charge on any atom is 0.310 e. The number of carboxylic acid groups (broad SMARTS) is 2. The number of unbranched alkanes of at least 4 members (excludes halogenated alkanes) is 2. The summed E-state index contributed by atoms with van der Waals surface area (Å²) in [5.41, 5.74) is 0. The molecule has 0 aromatic rings. The van der Waals surface area contributed by atoms with E-state index < -0.39 is 36.2 Å². The van der Waals surface area contributed by atoms with Gasteiger partial charge < -0.3 is 14.9 Å². The summed E-state index contributed by atoms with van der Waals surface area (Å²) in [5.74, 6) is -5.37. The zero-order valence-corrected chi connectivity index (χ0v) is 10.7. The minimum atomic E-state index is -1.21. The molecule has 2 unspecified atom stereocenters. The Kier molecular flexibility index (Phi) is 7.74. The van der Waals surface area contributed by atoms with Gasteiger partial charge in [0, 0.05) is 0 Å². The second-order valence-corrected chi connectivity index (χ2v) is 4.21. The van der Waals surface area contributed by atoms with Crippen LogP contribution in [0.3, 0.4) is 0 Å². The molecule has 2 N–H and O–H groups in total. The summed E-state index contributed by atoms with van der Waals surface area (Å²) < 4.78 is 4.91. The monoisotopic (exact) mass is 260 g/mol. The van der Waals surface area contributed by atoms with Gasteiger partial charge in [-0.05, 0) is 6.42 Å². The van der Waals surface area contributed by atoms with Crippen LogP contribution in [0, 0.1) is 11.8 Å². The molecule has 0 saturated heterocycles. The van der Waals surface area contributed by atoms with Crippen molar-refractivity contribution in [2.24, 2.45) is 11.8 Å². The molecular weight excluding hydrogens is 240 g/mol. The minimum Gasteiger partial charge on any atom is -0.481 e. The van der Waals surface area contributed by atoms with Crippen LogP contribution in [0.2, 0.25) is 0 Å². The fraction of sp³-hybridized carbons (Fsp3) is 0.750. The maximum atomic E-state index is 11.6. The van der Waals surface area contributed by atoms with Crippen molar-refractivity contribution in [3.63, 3.8) is 0 Å². The Morgan fingerprint density at radius 1 is 1.17 bits per heavy atom. The lowest BCUT2D eigenvalue weighted by molar-refractivity contribution is -0.160. The Balaban J connectivity index is 4.40. The quantitative estimate of drug-likeness (QED) is 0.481. The molecule has 0 heterocycles. The molecule has 18 heavy (non-hydrogen) atoms. The van der Waals surface area contributed by atoms with Gasteiger partial charge in [0.15, 0.2) is 0 Å². The van der Waals surface area contributed by atoms with Gasteiger partial charge in [-0.2, -0.15) is 0 Å². The van der Waals surface area contributed by atoms with E-state index in [0.717, 1.165) is 12.8 Å². The van der Waals surface area contributed by atoms with Crippen LogP contribution in [0.4, 0.5) is 0 Å². The zero-order chi connectivity index (χ0) is 14.1. The molecule has 0 aromatic heterocycles. The van der Waals surface area contributed by atoms with Crippen molar-refractivity contribution in [2.45, 2.75) is 39.5 Å². The molecule has 0 aliphatic rings. The largest absolute Gasteiger partial charge is 0.481 e. The predicted molar refractivity (Wildman–Crippen MR) is 63.0 cm³/mol. The Labute approximate surface area is 106 Å². The van der Waals surface area contributed by atoms with Crippen molar-refractivity contribution in [1.29, 1.82) is 0 Å². The molecule has 0 saturated carbocycles. The van der Waals surface area contributed by atoms with Gasteiger partial charge in [-0.3, -0.25) is 14.4 Å². The second kappa shape index (κ2) is 8.49. The molecule has 0 aliphatic carbocycles. The van der Waals surface area contributed by atoms with Crippen molar-refractivity contribution in [3.8, 4) is 0 Å². The van der Waals surface area contributed by atoms with Gasteiger partial charge in [0.05, 0.1) is 24.9 Å². The Bertz CT molecular complexity index is 299. The summed E-state index contributed by atoms with van der Waals surface area (Å²) >= 11 is 0. The molecule has 0 bridgehead atoms. The summed E-state index contributed by atoms with van der Waals surface area (Å²) in [6.07, 6.45) is 2.05. The van der Waals surface area contributed by atoms with Crippen molar-refractivity contribution in [3.05, 3.63) is 0 Å². The van der Waals surface area contributed by atoms with E-state index >= 15 is 0 Å². The van der Waals surface area contributed by atoms with Gasteiger partial charge in [-0.25, -0.2) is 0 Å². The number of ether oxygens (including phenoxy) is 1. The number of carbonyl (C=O) groups is 3. The first-order chi connectivity index (χ1) is 8.40. The molecule has 0 fully saturated rings. The van der Waals surface area contributed by atoms with E-state index in [4.69, 9.17) is 14.9 Å². The first-order valence-corrected chi connectivity index (χ1v) is 6.01. The zero-order valence-electron chi connectivity index (χ0n) is 10.7. The van der Waals surface area contributed by atoms with Crippen molar-refractivity contribution in [1.82, 2.24) is 0 Å². The molecule has 0 aliphatic heterocycles. The van der Waals surface area contributed by atoms with Crippen LogP contribution in [0.15, 0.2) is 0 Å². The van der Waals surface area contributed by atoms with E-state index in [1.807, 2.05) is 6.92 Å². The average molecular weight is 260 g/mol. The van der Waals surface area contributed by atoms with Gasteiger partial charge in [0.25, 0.3) is 0 Å². The number of hydrogen-bond acceptors (Lipinski definition) is 4. The highest BCUT2D eigenvalue weighted by Crippen LogP contribution is 2.18. The minimum absolute atomic E-state index is 0.204. The Morgan fingerprint density at radius 3 is 2.22 bits per heavy atom. The van der Waals surface area contributed by atoms with E-state index in [2.05, 4.69) is 0 Å². The number of carboxylic acids is 2. The molecule has 0 amide bonds. The van der Waals surface area contributed by atoms with Crippen LogP contribution in [0.1, 0.15) is 39.5 Å². The van der Waals surface area contributed by atoms with Crippen LogP contribution >= 0.6 is 0 Å². The van der Waals surface area contributed by atoms with Gasteiger partial charge in [-0.1, -0.05) is 26.7 Å². The van der Waals surface area contributed by atoms with Crippen LogP contribution in [-0.2, 0) is 19.1 Å². The third kappa shape index (κ3) is 6.22. The van der Waals surface area contributed by atoms with Crippen LogP contribution in [-0.4, -0.2) is 34.7 Å². The van der Waals surface area contributed by atoms with Crippen LogP contribution in [0.25, 0.3) is 0 Å². The standard InChI is InChI=1S/C12H20O6/c1-3-4-5-6-18-12(17)9(7-10(13)14)8(2)11(15)16/h8-9H,3-7H2,1-2H3,(H,13,14)(H,15,16). The van der Waals surface area contributed by atoms with E-state index in [-0.39, 0.29) is 6.61 Å². The summed E-state index contributed by atoms with van der Waals surface area (Å²) in [4.78, 5) is 33.1. The molecule has 0 radical (unpaired) electrons. The van der Waals surface area contributed by atoms with Gasteiger partial charge >= 0.3 is 17.9 Å². The first-order valence-electron chi connectivity index (χ1n) is 6.01. The summed E-state index contributed by atoms with van der Waals surface area (Å²) in [5, 5.41) is 17.5. The maximum absolute atomic E-state index is 11.6. The normalized spacial score (nSPS) is 13.7. The summed E-state index contributed by atoms with van der Waals surface area (Å²) in [6, 6.07) is 0. The van der Waals surface area contributed by atoms with E-state index in [1.54, 1.807) is 0 Å². The number of aliphatic carboxylic acids is 2. The molecular formula is C12H20O6. The number of hydrogen-bond donors (Lipinski definition) is 2. The molecule has 0 rings (SSSR count). The van der Waals surface area contributed by atoms with Gasteiger partial charge in [0.1, 0.15) is 0 Å². The van der Waals surface area contributed by atoms with E-state index in [1.165, 1.54) is 6.92 Å². The van der Waals surface area contributed by atoms with Crippen LogP contribution < -0.4 is 0 Å². The van der Waals surface area contributed by atoms with Crippen molar-refractivity contribution in [2.75, 3.05) is 6.61 Å². The lowest BCUT2D eigenvalue weighted by atomic mass is 9.91. The third-order valence-electron chi connectivity index (χ3n) is 2.68. The van der Waals surface area contributed by atoms with E-state index in [0.29, 0.717) is 6.42 Å². The predicted octanol–water partition coefficient (Wildman–Crippen LogP) is 1.53. The molecule has 0 aromatic carbocycles. The first kappa shape index (κ1) is 16.4. The van der Waals surface area contributed by atoms with Crippen molar-refractivity contribution >= 4 is 17.9 Å². The van der Waals surface area contributed by atoms with Gasteiger partial charge in [-0.15, -0.1) is 0 Å². The second-order valence-electron chi connectivity index (χ2n) is 4.21. The Hall–Kier alpha value is -1.59. The molecule has 0 spiro atoms. The molecule has 2 atom stereocenters. The van der Waals surface area contributed by atoms with E-state index in [9.17, 15) is 14.4 Å². The van der Waals surface area contributed by atoms with Crippen LogP contribution in [0.5, 0.6) is 0 Å². The number of esters is 1. The molecule has 104 valence electrons. The highest BCUT2D eigenvalue weighted by atomic mass is 16.5. The molecule has 6 heteroatoms. The topological polar surface area (TPSA) is 101 Å². The number of rotatable bonds is 9. The Morgan fingerprint density at radius 2 is 1.78 bits per heavy atom. The summed E-state index contributed by atoms with van der Waals surface area (Å²) in [7, 11) is 0. The fourth-order valence-electron chi connectivity index (χ4n) is 1.46. The molecule has 6 nitrogen and oxygen atoms in total. The lowest BCUT2D eigenvalue weighted by Gasteiger charge is -2.17. The smallest absolute Gasteiger partial charge is 0.310 e. The lowest BCUT2D eigenvalue weighted by Crippen LogP contribution is -2.31. The third-order valence-corrected chi connectivity index (χ3v) is 2.68. The van der Waals surface area contributed by atoms with Crippen molar-refractivity contribution < 1.29 is 29.3 Å². The highest BCUT2D eigenvalue weighted by Gasteiger charge is 2.33. The average Bonchev–Trinajstić information content (AvgIpc) is 2.30. The fourth-order valence-corrected chi connectivity index (χ4v) is 1.46. The van der Waals surface area contributed by atoms with Gasteiger partial charge in [0.2, 0.25) is 0 Å². The highest BCUT2D eigenvalue weighted by molar-refractivity contribution is 5.84. The summed E-state index contributed by atoms with van der Waals surface area (Å²) in [6.45, 7) is 3.51. The SMILES string of the molecule is CCCCCOC(=O)C(CC(=O)O)C(C)C(=O)O.